The highest BCUT2D eigenvalue weighted by molar-refractivity contribution is 6.32. The van der Waals surface area contributed by atoms with E-state index in [0.29, 0.717) is 28.7 Å². The fourth-order valence-electron chi connectivity index (χ4n) is 2.44. The van der Waals surface area contributed by atoms with Gasteiger partial charge in [0.05, 0.1) is 18.3 Å². The SMILES string of the molecule is COc1cccc(C(=O)N/N=C/c2ccc(OCc3ccccc3)c(Cl)c2)c1. The van der Waals surface area contributed by atoms with Gasteiger partial charge in [-0.05, 0) is 47.5 Å². The van der Waals surface area contributed by atoms with Crippen LogP contribution in [0.3, 0.4) is 0 Å². The molecule has 0 aliphatic heterocycles. The molecule has 3 rings (SSSR count). The minimum Gasteiger partial charge on any atom is -0.497 e. The van der Waals surface area contributed by atoms with Crippen LogP contribution >= 0.6 is 11.6 Å². The summed E-state index contributed by atoms with van der Waals surface area (Å²) in [5.41, 5.74) is 4.74. The third-order valence-electron chi connectivity index (χ3n) is 3.90. The van der Waals surface area contributed by atoms with Crippen molar-refractivity contribution >= 4 is 23.7 Å². The number of benzene rings is 3. The molecule has 0 spiro atoms. The molecule has 0 aromatic heterocycles. The summed E-state index contributed by atoms with van der Waals surface area (Å²) in [6.07, 6.45) is 1.52. The monoisotopic (exact) mass is 394 g/mol. The molecule has 0 fully saturated rings. The zero-order valence-electron chi connectivity index (χ0n) is 15.3. The Bertz CT molecular complexity index is 975. The Morgan fingerprint density at radius 2 is 1.89 bits per heavy atom. The Hall–Kier alpha value is -3.31. The van der Waals surface area contributed by atoms with Gasteiger partial charge in [0.25, 0.3) is 5.91 Å². The van der Waals surface area contributed by atoms with Crippen molar-refractivity contribution in [1.82, 2.24) is 5.43 Å². The zero-order valence-corrected chi connectivity index (χ0v) is 16.0. The Balaban J connectivity index is 1.58. The summed E-state index contributed by atoms with van der Waals surface area (Å²) in [5.74, 6) is 0.863. The van der Waals surface area contributed by atoms with Gasteiger partial charge in [0.2, 0.25) is 0 Å². The Morgan fingerprint density at radius 3 is 2.64 bits per heavy atom. The number of carbonyl (C=O) groups is 1. The second-order valence-corrected chi connectivity index (χ2v) is 6.30. The standard InChI is InChI=1S/C22H19ClN2O3/c1-27-19-9-5-8-18(13-19)22(26)25-24-14-17-10-11-21(20(23)12-17)28-15-16-6-3-2-4-7-16/h2-14H,15H2,1H3,(H,25,26)/b24-14+. The molecular formula is C22H19ClN2O3. The molecule has 3 aromatic rings. The molecular weight excluding hydrogens is 376 g/mol. The molecule has 0 radical (unpaired) electrons. The molecule has 142 valence electrons. The van der Waals surface area contributed by atoms with E-state index in [1.165, 1.54) is 6.21 Å². The summed E-state index contributed by atoms with van der Waals surface area (Å²) in [5, 5.41) is 4.44. The molecule has 0 bridgehead atoms. The largest absolute Gasteiger partial charge is 0.497 e. The van der Waals surface area contributed by atoms with E-state index in [1.807, 2.05) is 36.4 Å². The maximum absolute atomic E-state index is 12.1. The molecule has 0 saturated heterocycles. The van der Waals surface area contributed by atoms with Crippen molar-refractivity contribution < 1.29 is 14.3 Å². The number of nitrogens with zero attached hydrogens (tertiary/aromatic N) is 1. The first kappa shape index (κ1) is 19.5. The smallest absolute Gasteiger partial charge is 0.271 e. The lowest BCUT2D eigenvalue weighted by Crippen LogP contribution is -2.17. The number of carbonyl (C=O) groups excluding carboxylic acids is 1. The van der Waals surface area contributed by atoms with E-state index in [4.69, 9.17) is 21.1 Å². The van der Waals surface area contributed by atoms with E-state index in [9.17, 15) is 4.79 Å². The highest BCUT2D eigenvalue weighted by atomic mass is 35.5. The van der Waals surface area contributed by atoms with Crippen LogP contribution in [0.4, 0.5) is 0 Å². The van der Waals surface area contributed by atoms with Crippen LogP contribution in [0, 0.1) is 0 Å². The number of rotatable bonds is 7. The number of halogens is 1. The summed E-state index contributed by atoms with van der Waals surface area (Å²) in [6, 6.07) is 22.0. The second-order valence-electron chi connectivity index (χ2n) is 5.90. The summed E-state index contributed by atoms with van der Waals surface area (Å²) in [7, 11) is 1.55. The van der Waals surface area contributed by atoms with Crippen LogP contribution in [-0.4, -0.2) is 19.2 Å². The molecule has 5 nitrogen and oxygen atoms in total. The van der Waals surface area contributed by atoms with Gasteiger partial charge in [-0.25, -0.2) is 5.43 Å². The molecule has 1 amide bonds. The molecule has 28 heavy (non-hydrogen) atoms. The lowest BCUT2D eigenvalue weighted by Gasteiger charge is -2.08. The number of methoxy groups -OCH3 is 1. The number of hydrogen-bond acceptors (Lipinski definition) is 4. The van der Waals surface area contributed by atoms with Crippen molar-refractivity contribution in [3.63, 3.8) is 0 Å². The normalized spacial score (nSPS) is 10.6. The lowest BCUT2D eigenvalue weighted by molar-refractivity contribution is 0.0955. The van der Waals surface area contributed by atoms with E-state index < -0.39 is 0 Å². The van der Waals surface area contributed by atoms with Crippen LogP contribution in [0.2, 0.25) is 5.02 Å². The van der Waals surface area contributed by atoms with E-state index in [-0.39, 0.29) is 5.91 Å². The van der Waals surface area contributed by atoms with Gasteiger partial charge < -0.3 is 9.47 Å². The summed E-state index contributed by atoms with van der Waals surface area (Å²) in [4.78, 5) is 12.1. The van der Waals surface area contributed by atoms with Crippen molar-refractivity contribution in [2.75, 3.05) is 7.11 Å². The average Bonchev–Trinajstić information content (AvgIpc) is 2.74. The van der Waals surface area contributed by atoms with E-state index in [1.54, 1.807) is 43.5 Å². The number of hydrazone groups is 1. The molecule has 6 heteroatoms. The van der Waals surface area contributed by atoms with Crippen molar-refractivity contribution in [1.29, 1.82) is 0 Å². The first-order valence-electron chi connectivity index (χ1n) is 8.59. The van der Waals surface area contributed by atoms with Crippen molar-refractivity contribution in [3.05, 3.63) is 94.5 Å². The topological polar surface area (TPSA) is 59.9 Å². The third kappa shape index (κ3) is 5.34. The van der Waals surface area contributed by atoms with Crippen LogP contribution in [0.15, 0.2) is 77.9 Å². The molecule has 0 aliphatic rings. The Kier molecular flexibility index (Phi) is 6.65. The highest BCUT2D eigenvalue weighted by Crippen LogP contribution is 2.25. The van der Waals surface area contributed by atoms with Crippen molar-refractivity contribution in [2.45, 2.75) is 6.61 Å². The van der Waals surface area contributed by atoms with Gasteiger partial charge in [0.15, 0.2) is 0 Å². The quantitative estimate of drug-likeness (QED) is 0.467. The summed E-state index contributed by atoms with van der Waals surface area (Å²) in [6.45, 7) is 0.435. The molecule has 0 saturated carbocycles. The van der Waals surface area contributed by atoms with E-state index in [0.717, 1.165) is 11.1 Å². The minimum absolute atomic E-state index is 0.330. The fraction of sp³-hybridized carbons (Fsp3) is 0.0909. The van der Waals surface area contributed by atoms with Crippen molar-refractivity contribution in [3.8, 4) is 11.5 Å². The van der Waals surface area contributed by atoms with Gasteiger partial charge in [-0.3, -0.25) is 4.79 Å². The highest BCUT2D eigenvalue weighted by Gasteiger charge is 2.06. The predicted molar refractivity (Wildman–Crippen MR) is 110 cm³/mol. The van der Waals surface area contributed by atoms with Gasteiger partial charge in [-0.1, -0.05) is 48.0 Å². The van der Waals surface area contributed by atoms with E-state index >= 15 is 0 Å². The first-order chi connectivity index (χ1) is 13.7. The minimum atomic E-state index is -0.330. The Labute approximate surface area is 168 Å². The Morgan fingerprint density at radius 1 is 1.07 bits per heavy atom. The summed E-state index contributed by atoms with van der Waals surface area (Å²) >= 11 is 6.28. The molecule has 1 N–H and O–H groups in total. The van der Waals surface area contributed by atoms with E-state index in [2.05, 4.69) is 10.5 Å². The molecule has 0 unspecified atom stereocenters. The van der Waals surface area contributed by atoms with Crippen LogP contribution in [0.1, 0.15) is 21.5 Å². The van der Waals surface area contributed by atoms with Crippen molar-refractivity contribution in [2.24, 2.45) is 5.10 Å². The molecule has 0 aliphatic carbocycles. The third-order valence-corrected chi connectivity index (χ3v) is 4.20. The van der Waals surface area contributed by atoms with Gasteiger partial charge >= 0.3 is 0 Å². The lowest BCUT2D eigenvalue weighted by atomic mass is 10.2. The second kappa shape index (κ2) is 9.58. The van der Waals surface area contributed by atoms with Gasteiger partial charge in [-0.2, -0.15) is 5.10 Å². The molecule has 0 heterocycles. The van der Waals surface area contributed by atoms with Crippen LogP contribution in [0.25, 0.3) is 0 Å². The van der Waals surface area contributed by atoms with Gasteiger partial charge in [0, 0.05) is 5.56 Å². The number of hydrogen-bond donors (Lipinski definition) is 1. The zero-order chi connectivity index (χ0) is 19.8. The van der Waals surface area contributed by atoms with Crippen LogP contribution in [0.5, 0.6) is 11.5 Å². The maximum Gasteiger partial charge on any atom is 0.271 e. The number of amides is 1. The van der Waals surface area contributed by atoms with Gasteiger partial charge in [0.1, 0.15) is 18.1 Å². The maximum atomic E-state index is 12.1. The average molecular weight is 395 g/mol. The predicted octanol–water partition coefficient (Wildman–Crippen LogP) is 4.69. The molecule has 3 aromatic carbocycles. The van der Waals surface area contributed by atoms with Crippen LogP contribution < -0.4 is 14.9 Å². The van der Waals surface area contributed by atoms with Crippen LogP contribution in [-0.2, 0) is 6.61 Å². The fourth-order valence-corrected chi connectivity index (χ4v) is 2.69. The number of nitrogens with one attached hydrogen (secondary N) is 1. The first-order valence-corrected chi connectivity index (χ1v) is 8.97. The number of ether oxygens (including phenoxy) is 2. The van der Waals surface area contributed by atoms with Gasteiger partial charge in [-0.15, -0.1) is 0 Å². The molecule has 0 atom stereocenters. The summed E-state index contributed by atoms with van der Waals surface area (Å²) < 4.78 is 10.8.